The van der Waals surface area contributed by atoms with Gasteiger partial charge in [0.05, 0.1) is 24.7 Å². The predicted molar refractivity (Wildman–Crippen MR) is 81.1 cm³/mol. The lowest BCUT2D eigenvalue weighted by atomic mass is 10.2. The number of amides is 1. The molecule has 0 unspecified atom stereocenters. The molecule has 0 radical (unpaired) electrons. The lowest BCUT2D eigenvalue weighted by molar-refractivity contribution is -0.116. The third-order valence-electron chi connectivity index (χ3n) is 2.98. The molecule has 0 fully saturated rings. The number of anilines is 1. The number of carbonyl (C=O) groups excluding carboxylic acids is 1. The first-order chi connectivity index (χ1) is 10.2. The minimum Gasteiger partial charge on any atom is -0.493 e. The smallest absolute Gasteiger partial charge is 0.227 e. The van der Waals surface area contributed by atoms with Crippen molar-refractivity contribution < 1.29 is 9.53 Å². The van der Waals surface area contributed by atoms with Gasteiger partial charge in [0.25, 0.3) is 0 Å². The van der Waals surface area contributed by atoms with Crippen molar-refractivity contribution in [2.75, 3.05) is 11.9 Å². The van der Waals surface area contributed by atoms with Gasteiger partial charge in [0.15, 0.2) is 0 Å². The van der Waals surface area contributed by atoms with Gasteiger partial charge in [0, 0.05) is 5.69 Å². The largest absolute Gasteiger partial charge is 0.493 e. The van der Waals surface area contributed by atoms with Crippen LogP contribution in [0.4, 0.5) is 5.69 Å². The molecular formula is C17H16N2O2. The van der Waals surface area contributed by atoms with E-state index in [9.17, 15) is 4.79 Å². The Hall–Kier alpha value is -2.80. The number of carbonyl (C=O) groups is 1. The van der Waals surface area contributed by atoms with Crippen molar-refractivity contribution in [3.63, 3.8) is 0 Å². The zero-order valence-electron chi connectivity index (χ0n) is 11.8. The zero-order valence-corrected chi connectivity index (χ0v) is 11.8. The summed E-state index contributed by atoms with van der Waals surface area (Å²) in [5.41, 5.74) is 2.29. The van der Waals surface area contributed by atoms with Gasteiger partial charge >= 0.3 is 0 Å². The first-order valence-corrected chi connectivity index (χ1v) is 6.67. The number of aryl methyl sites for hydroxylation is 1. The number of nitrogens with zero attached hydrogens (tertiary/aromatic N) is 1. The Bertz CT molecular complexity index is 657. The van der Waals surface area contributed by atoms with Crippen LogP contribution in [0.25, 0.3) is 0 Å². The predicted octanol–water partition coefficient (Wildman–Crippen LogP) is 3.27. The number of nitrogens with one attached hydrogen (secondary N) is 1. The molecule has 0 saturated carbocycles. The van der Waals surface area contributed by atoms with Crippen molar-refractivity contribution in [3.8, 4) is 11.8 Å². The normalized spacial score (nSPS) is 9.71. The number of nitriles is 1. The third kappa shape index (κ3) is 4.36. The van der Waals surface area contributed by atoms with Crippen LogP contribution in [0, 0.1) is 18.3 Å². The lowest BCUT2D eigenvalue weighted by Crippen LogP contribution is -2.15. The van der Waals surface area contributed by atoms with Gasteiger partial charge in [-0.3, -0.25) is 4.79 Å². The van der Waals surface area contributed by atoms with Gasteiger partial charge in [0.1, 0.15) is 5.75 Å². The number of para-hydroxylation sites is 1. The number of benzene rings is 2. The van der Waals surface area contributed by atoms with Crippen molar-refractivity contribution in [2.45, 2.75) is 13.3 Å². The molecule has 0 aliphatic rings. The monoisotopic (exact) mass is 280 g/mol. The number of rotatable bonds is 5. The van der Waals surface area contributed by atoms with Gasteiger partial charge < -0.3 is 10.1 Å². The summed E-state index contributed by atoms with van der Waals surface area (Å²) in [6.07, 6.45) is 0.272. The van der Waals surface area contributed by atoms with E-state index in [4.69, 9.17) is 10.00 Å². The number of ether oxygens (including phenoxy) is 1. The van der Waals surface area contributed by atoms with Crippen molar-refractivity contribution in [2.24, 2.45) is 0 Å². The Balaban J connectivity index is 1.80. The van der Waals surface area contributed by atoms with E-state index < -0.39 is 0 Å². The third-order valence-corrected chi connectivity index (χ3v) is 2.98. The van der Waals surface area contributed by atoms with Gasteiger partial charge in [0.2, 0.25) is 5.91 Å². The van der Waals surface area contributed by atoms with E-state index in [2.05, 4.69) is 5.32 Å². The fraction of sp³-hybridized carbons (Fsp3) is 0.176. The van der Waals surface area contributed by atoms with Crippen LogP contribution in [0.1, 0.15) is 17.5 Å². The Morgan fingerprint density at radius 2 is 1.90 bits per heavy atom. The lowest BCUT2D eigenvalue weighted by Gasteiger charge is -2.09. The Morgan fingerprint density at radius 1 is 1.19 bits per heavy atom. The average Bonchev–Trinajstić information content (AvgIpc) is 2.50. The van der Waals surface area contributed by atoms with Gasteiger partial charge in [-0.05, 0) is 42.8 Å². The summed E-state index contributed by atoms with van der Waals surface area (Å²) in [5, 5.41) is 11.5. The fourth-order valence-electron chi connectivity index (χ4n) is 1.82. The van der Waals surface area contributed by atoms with Crippen molar-refractivity contribution in [1.82, 2.24) is 0 Å². The zero-order chi connectivity index (χ0) is 15.1. The molecule has 0 spiro atoms. The van der Waals surface area contributed by atoms with E-state index in [0.717, 1.165) is 11.3 Å². The van der Waals surface area contributed by atoms with Crippen LogP contribution in [-0.4, -0.2) is 12.5 Å². The number of hydrogen-bond acceptors (Lipinski definition) is 3. The average molecular weight is 280 g/mol. The minimum absolute atomic E-state index is 0.117. The highest BCUT2D eigenvalue weighted by molar-refractivity contribution is 5.90. The topological polar surface area (TPSA) is 62.1 Å². The van der Waals surface area contributed by atoms with Crippen LogP contribution >= 0.6 is 0 Å². The second-order valence-electron chi connectivity index (χ2n) is 4.60. The molecule has 2 rings (SSSR count). The Kier molecular flexibility index (Phi) is 4.94. The molecule has 2 aromatic rings. The van der Waals surface area contributed by atoms with Gasteiger partial charge in [-0.15, -0.1) is 0 Å². The molecule has 21 heavy (non-hydrogen) atoms. The summed E-state index contributed by atoms with van der Waals surface area (Å²) in [6.45, 7) is 2.29. The molecule has 0 aliphatic carbocycles. The molecule has 0 aliphatic heterocycles. The van der Waals surface area contributed by atoms with Gasteiger partial charge in [-0.1, -0.05) is 18.2 Å². The standard InChI is InChI=1S/C17H16N2O2/c1-13-4-2-3-5-16(13)21-11-10-17(20)19-15-8-6-14(12-18)7-9-15/h2-9H,10-11H2,1H3,(H,19,20). The summed E-state index contributed by atoms with van der Waals surface area (Å²) >= 11 is 0. The Morgan fingerprint density at radius 3 is 2.57 bits per heavy atom. The molecule has 4 heteroatoms. The van der Waals surface area contributed by atoms with Crippen LogP contribution in [0.15, 0.2) is 48.5 Å². The fourth-order valence-corrected chi connectivity index (χ4v) is 1.82. The van der Waals surface area contributed by atoms with Crippen LogP contribution in [0.3, 0.4) is 0 Å². The van der Waals surface area contributed by atoms with Gasteiger partial charge in [-0.2, -0.15) is 5.26 Å². The van der Waals surface area contributed by atoms with E-state index in [1.807, 2.05) is 37.3 Å². The molecule has 2 aromatic carbocycles. The molecular weight excluding hydrogens is 264 g/mol. The van der Waals surface area contributed by atoms with Crippen molar-refractivity contribution in [3.05, 3.63) is 59.7 Å². The molecule has 0 atom stereocenters. The van der Waals surface area contributed by atoms with Crippen molar-refractivity contribution in [1.29, 1.82) is 5.26 Å². The highest BCUT2D eigenvalue weighted by atomic mass is 16.5. The maximum Gasteiger partial charge on any atom is 0.227 e. The van der Waals surface area contributed by atoms with Crippen LogP contribution in [-0.2, 0) is 4.79 Å². The molecule has 4 nitrogen and oxygen atoms in total. The minimum atomic E-state index is -0.117. The van der Waals surface area contributed by atoms with Crippen LogP contribution < -0.4 is 10.1 Å². The highest BCUT2D eigenvalue weighted by Gasteiger charge is 2.04. The summed E-state index contributed by atoms with van der Waals surface area (Å²) in [5.74, 6) is 0.678. The second kappa shape index (κ2) is 7.11. The molecule has 0 aromatic heterocycles. The first kappa shape index (κ1) is 14.6. The molecule has 1 amide bonds. The van der Waals surface area contributed by atoms with E-state index in [1.54, 1.807) is 24.3 Å². The summed E-state index contributed by atoms with van der Waals surface area (Å²) < 4.78 is 5.58. The maximum absolute atomic E-state index is 11.8. The highest BCUT2D eigenvalue weighted by Crippen LogP contribution is 2.16. The van der Waals surface area contributed by atoms with Crippen LogP contribution in [0.2, 0.25) is 0 Å². The number of hydrogen-bond donors (Lipinski definition) is 1. The van der Waals surface area contributed by atoms with E-state index >= 15 is 0 Å². The summed E-state index contributed by atoms with van der Waals surface area (Å²) in [7, 11) is 0. The molecule has 0 bridgehead atoms. The molecule has 0 saturated heterocycles. The van der Waals surface area contributed by atoms with Gasteiger partial charge in [-0.25, -0.2) is 0 Å². The van der Waals surface area contributed by atoms with Crippen LogP contribution in [0.5, 0.6) is 5.75 Å². The molecule has 1 N–H and O–H groups in total. The van der Waals surface area contributed by atoms with E-state index in [-0.39, 0.29) is 12.3 Å². The second-order valence-corrected chi connectivity index (χ2v) is 4.60. The van der Waals surface area contributed by atoms with Crippen molar-refractivity contribution >= 4 is 11.6 Å². The van der Waals surface area contributed by atoms with E-state index in [0.29, 0.717) is 17.9 Å². The first-order valence-electron chi connectivity index (χ1n) is 6.67. The quantitative estimate of drug-likeness (QED) is 0.914. The molecule has 0 heterocycles. The summed E-state index contributed by atoms with van der Waals surface area (Å²) in [6, 6.07) is 16.5. The molecule has 106 valence electrons. The maximum atomic E-state index is 11.8. The van der Waals surface area contributed by atoms with E-state index in [1.165, 1.54) is 0 Å². The summed E-state index contributed by atoms with van der Waals surface area (Å²) in [4.78, 5) is 11.8. The SMILES string of the molecule is Cc1ccccc1OCCC(=O)Nc1ccc(C#N)cc1. The Labute approximate surface area is 124 Å².